The van der Waals surface area contributed by atoms with E-state index in [4.69, 9.17) is 23.2 Å². The number of alkyl halides is 5. The molecule has 0 fully saturated rings. The molecule has 2 aromatic carbocycles. The Morgan fingerprint density at radius 2 is 1.72 bits per heavy atom. The molecule has 5 nitrogen and oxygen atoms in total. The molecule has 0 spiro atoms. The number of benzene rings is 2. The van der Waals surface area contributed by atoms with Crippen molar-refractivity contribution in [1.29, 1.82) is 0 Å². The Labute approximate surface area is 149 Å². The lowest BCUT2D eigenvalue weighted by molar-refractivity contribution is -0.384. The van der Waals surface area contributed by atoms with E-state index in [9.17, 15) is 28.1 Å². The van der Waals surface area contributed by atoms with Crippen molar-refractivity contribution >= 4 is 34.7 Å². The van der Waals surface area contributed by atoms with E-state index in [-0.39, 0.29) is 16.7 Å². The summed E-state index contributed by atoms with van der Waals surface area (Å²) in [6, 6.07) is 8.12. The summed E-state index contributed by atoms with van der Waals surface area (Å²) in [4.78, 5) is 20.9. The van der Waals surface area contributed by atoms with Crippen LogP contribution in [0.3, 0.4) is 0 Å². The maximum atomic E-state index is 12.2. The van der Waals surface area contributed by atoms with Gasteiger partial charge in [-0.1, -0.05) is 41.4 Å². The summed E-state index contributed by atoms with van der Waals surface area (Å²) in [5.74, 6) is -1.16. The normalized spacial score (nSPS) is 11.4. The summed E-state index contributed by atoms with van der Waals surface area (Å²) in [6.45, 7) is 0. The van der Waals surface area contributed by atoms with Gasteiger partial charge in [-0.2, -0.15) is 0 Å². The third kappa shape index (κ3) is 4.83. The molecule has 0 N–H and O–H groups in total. The van der Waals surface area contributed by atoms with E-state index in [1.165, 1.54) is 24.3 Å². The number of rotatable bonds is 5. The molecule has 0 radical (unpaired) electrons. The average Bonchev–Trinajstić information content (AvgIpc) is 2.52. The highest BCUT2D eigenvalue weighted by atomic mass is 35.5. The van der Waals surface area contributed by atoms with Gasteiger partial charge in [0.2, 0.25) is 0 Å². The quantitative estimate of drug-likeness (QED) is 0.305. The Bertz CT molecular complexity index is 807. The first-order valence-electron chi connectivity index (χ1n) is 6.55. The molecule has 0 saturated heterocycles. The second-order valence-corrected chi connectivity index (χ2v) is 5.82. The van der Waals surface area contributed by atoms with Gasteiger partial charge in [0, 0.05) is 11.6 Å². The smallest absolute Gasteiger partial charge is 0.406 e. The lowest BCUT2D eigenvalue weighted by Crippen LogP contribution is -2.16. The molecule has 0 atom stereocenters. The Morgan fingerprint density at radius 1 is 1.12 bits per heavy atom. The molecule has 0 saturated carbocycles. The summed E-state index contributed by atoms with van der Waals surface area (Å²) < 4.78 is 40.2. The molecule has 0 aliphatic carbocycles. The molecule has 25 heavy (non-hydrogen) atoms. The van der Waals surface area contributed by atoms with Gasteiger partial charge in [-0.3, -0.25) is 14.9 Å². The number of nitro groups is 1. The van der Waals surface area contributed by atoms with Crippen LogP contribution in [0, 0.1) is 10.1 Å². The SMILES string of the molecule is O=C(c1ccc(-c2ccc(OC(F)(F)F)cc2)c([N+](=O)[O-])c1)C(Cl)Cl. The first-order chi connectivity index (χ1) is 11.6. The zero-order valence-electron chi connectivity index (χ0n) is 12.1. The predicted octanol–water partition coefficient (Wildman–Crippen LogP) is 5.15. The standard InChI is InChI=1S/C15H8Cl2F3NO4/c16-14(17)13(22)9-3-6-11(12(7-9)21(23)24)8-1-4-10(5-2-8)25-15(18,19)20/h1-7,14H. The zero-order chi connectivity index (χ0) is 18.8. The van der Waals surface area contributed by atoms with Crippen LogP contribution in [0.2, 0.25) is 0 Å². The second kappa shape index (κ2) is 7.28. The number of carbonyl (C=O) groups excluding carboxylic acids is 1. The number of nitro benzene ring substituents is 1. The highest BCUT2D eigenvalue weighted by Crippen LogP contribution is 2.33. The van der Waals surface area contributed by atoms with Gasteiger partial charge in [0.25, 0.3) is 5.69 Å². The summed E-state index contributed by atoms with van der Waals surface area (Å²) in [6.07, 6.45) is -4.84. The van der Waals surface area contributed by atoms with Gasteiger partial charge in [-0.15, -0.1) is 13.2 Å². The second-order valence-electron chi connectivity index (χ2n) is 4.73. The molecule has 0 heterocycles. The highest BCUT2D eigenvalue weighted by Gasteiger charge is 2.31. The lowest BCUT2D eigenvalue weighted by atomic mass is 10.0. The van der Waals surface area contributed by atoms with Crippen LogP contribution in [0.4, 0.5) is 18.9 Å². The van der Waals surface area contributed by atoms with Gasteiger partial charge in [0.05, 0.1) is 10.5 Å². The minimum Gasteiger partial charge on any atom is -0.406 e. The minimum atomic E-state index is -4.84. The molecule has 0 unspecified atom stereocenters. The van der Waals surface area contributed by atoms with Crippen LogP contribution in [0.15, 0.2) is 42.5 Å². The van der Waals surface area contributed by atoms with Gasteiger partial charge in [0.15, 0.2) is 10.6 Å². The van der Waals surface area contributed by atoms with Gasteiger partial charge in [0.1, 0.15) is 5.75 Å². The van der Waals surface area contributed by atoms with Gasteiger partial charge >= 0.3 is 6.36 Å². The summed E-state index contributed by atoms with van der Waals surface area (Å²) in [5.41, 5.74) is -0.0823. The average molecular weight is 394 g/mol. The van der Waals surface area contributed by atoms with E-state index < -0.39 is 33.3 Å². The van der Waals surface area contributed by atoms with Crippen molar-refractivity contribution < 1.29 is 27.6 Å². The fourth-order valence-corrected chi connectivity index (χ4v) is 2.29. The lowest BCUT2D eigenvalue weighted by Gasteiger charge is -2.10. The minimum absolute atomic E-state index is 0.0533. The Morgan fingerprint density at radius 3 is 2.20 bits per heavy atom. The van der Waals surface area contributed by atoms with Crippen molar-refractivity contribution in [3.63, 3.8) is 0 Å². The summed E-state index contributed by atoms with van der Waals surface area (Å²) in [5, 5.41) is 11.2. The van der Waals surface area contributed by atoms with Crippen molar-refractivity contribution in [2.75, 3.05) is 0 Å². The Kier molecular flexibility index (Phi) is 5.54. The Hall–Kier alpha value is -2.32. The first-order valence-corrected chi connectivity index (χ1v) is 7.43. The first kappa shape index (κ1) is 19.0. The number of hydrogen-bond acceptors (Lipinski definition) is 4. The van der Waals surface area contributed by atoms with E-state index in [2.05, 4.69) is 4.74 Å². The number of carbonyl (C=O) groups is 1. The molecule has 0 aromatic heterocycles. The predicted molar refractivity (Wildman–Crippen MR) is 85.0 cm³/mol. The fraction of sp³-hybridized carbons (Fsp3) is 0.133. The van der Waals surface area contributed by atoms with Crippen molar-refractivity contribution in [3.05, 3.63) is 58.1 Å². The summed E-state index contributed by atoms with van der Waals surface area (Å²) in [7, 11) is 0. The van der Waals surface area contributed by atoms with Crippen molar-refractivity contribution in [2.24, 2.45) is 0 Å². The van der Waals surface area contributed by atoms with Crippen LogP contribution in [0.5, 0.6) is 5.75 Å². The maximum Gasteiger partial charge on any atom is 0.573 e. The number of Topliss-reactive ketones (excluding diaryl/α,β-unsaturated/α-hetero) is 1. The van der Waals surface area contributed by atoms with E-state index in [1.54, 1.807) is 0 Å². The molecule has 2 aromatic rings. The van der Waals surface area contributed by atoms with Gasteiger partial charge in [-0.05, 0) is 23.8 Å². The van der Waals surface area contributed by atoms with Crippen LogP contribution in [-0.2, 0) is 0 Å². The molecule has 0 aliphatic rings. The van der Waals surface area contributed by atoms with Crippen LogP contribution < -0.4 is 4.74 Å². The van der Waals surface area contributed by atoms with Crippen LogP contribution in [0.25, 0.3) is 11.1 Å². The van der Waals surface area contributed by atoms with E-state index in [0.717, 1.165) is 18.2 Å². The number of ether oxygens (including phenoxy) is 1. The fourth-order valence-electron chi connectivity index (χ4n) is 2.04. The Balaban J connectivity index is 2.41. The molecule has 0 bridgehead atoms. The maximum absolute atomic E-state index is 12.2. The molecular weight excluding hydrogens is 386 g/mol. The highest BCUT2D eigenvalue weighted by molar-refractivity contribution is 6.55. The summed E-state index contributed by atoms with van der Waals surface area (Å²) >= 11 is 10.9. The topological polar surface area (TPSA) is 69.4 Å². The number of hydrogen-bond donors (Lipinski definition) is 0. The van der Waals surface area contributed by atoms with Crippen LogP contribution in [0.1, 0.15) is 10.4 Å². The molecule has 132 valence electrons. The zero-order valence-corrected chi connectivity index (χ0v) is 13.6. The van der Waals surface area contributed by atoms with Crippen molar-refractivity contribution in [3.8, 4) is 16.9 Å². The number of nitrogens with zero attached hydrogens (tertiary/aromatic N) is 1. The largest absolute Gasteiger partial charge is 0.573 e. The molecule has 10 heteroatoms. The van der Waals surface area contributed by atoms with Crippen molar-refractivity contribution in [2.45, 2.75) is 11.2 Å². The van der Waals surface area contributed by atoms with Crippen molar-refractivity contribution in [1.82, 2.24) is 0 Å². The number of halogens is 5. The van der Waals surface area contributed by atoms with Gasteiger partial charge < -0.3 is 4.74 Å². The van der Waals surface area contributed by atoms with Crippen LogP contribution >= 0.6 is 23.2 Å². The van der Waals surface area contributed by atoms with Gasteiger partial charge in [-0.25, -0.2) is 0 Å². The molecule has 2 rings (SSSR count). The molecular formula is C15H8Cl2F3NO4. The molecule has 0 amide bonds. The van der Waals surface area contributed by atoms with Crippen LogP contribution in [-0.4, -0.2) is 21.9 Å². The monoisotopic (exact) mass is 393 g/mol. The van der Waals surface area contributed by atoms with E-state index in [0.29, 0.717) is 0 Å². The molecule has 0 aliphatic heterocycles. The number of ketones is 1. The van der Waals surface area contributed by atoms with E-state index >= 15 is 0 Å². The van der Waals surface area contributed by atoms with E-state index in [1.807, 2.05) is 0 Å². The third-order valence-corrected chi connectivity index (χ3v) is 3.47. The third-order valence-electron chi connectivity index (χ3n) is 3.08.